The van der Waals surface area contributed by atoms with Gasteiger partial charge in [-0.3, -0.25) is 4.79 Å². The molecule has 0 atom stereocenters. The Balaban J connectivity index is 2.28. The molecule has 0 saturated heterocycles. The SMILES string of the molecule is CCCCCC(=O)c1oc2ccc(F)cc2c1C. The summed E-state index contributed by atoms with van der Waals surface area (Å²) >= 11 is 0. The number of ketones is 1. The molecule has 0 aliphatic heterocycles. The first-order chi connectivity index (χ1) is 8.63. The van der Waals surface area contributed by atoms with Crippen molar-refractivity contribution in [3.63, 3.8) is 0 Å². The number of hydrogen-bond acceptors (Lipinski definition) is 2. The average Bonchev–Trinajstić information content (AvgIpc) is 2.67. The van der Waals surface area contributed by atoms with Gasteiger partial charge in [0.2, 0.25) is 0 Å². The van der Waals surface area contributed by atoms with E-state index in [1.807, 2.05) is 0 Å². The first-order valence-corrected chi connectivity index (χ1v) is 6.35. The molecule has 0 aliphatic carbocycles. The second kappa shape index (κ2) is 5.34. The van der Waals surface area contributed by atoms with E-state index in [1.165, 1.54) is 12.1 Å². The lowest BCUT2D eigenvalue weighted by molar-refractivity contribution is 0.0953. The van der Waals surface area contributed by atoms with Gasteiger partial charge in [-0.2, -0.15) is 0 Å². The van der Waals surface area contributed by atoms with E-state index in [1.54, 1.807) is 13.0 Å². The van der Waals surface area contributed by atoms with Crippen LogP contribution in [0, 0.1) is 12.7 Å². The van der Waals surface area contributed by atoms with Crippen molar-refractivity contribution in [2.75, 3.05) is 0 Å². The van der Waals surface area contributed by atoms with Crippen molar-refractivity contribution in [1.82, 2.24) is 0 Å². The van der Waals surface area contributed by atoms with E-state index in [2.05, 4.69) is 6.92 Å². The van der Waals surface area contributed by atoms with E-state index in [4.69, 9.17) is 4.42 Å². The number of rotatable bonds is 5. The molecule has 0 N–H and O–H groups in total. The second-order valence-corrected chi connectivity index (χ2v) is 4.58. The molecule has 0 radical (unpaired) electrons. The van der Waals surface area contributed by atoms with Crippen LogP contribution >= 0.6 is 0 Å². The third-order valence-corrected chi connectivity index (χ3v) is 3.16. The minimum atomic E-state index is -0.309. The van der Waals surface area contributed by atoms with Crippen molar-refractivity contribution in [1.29, 1.82) is 0 Å². The number of carbonyl (C=O) groups excluding carboxylic acids is 1. The molecule has 0 bridgehead atoms. The summed E-state index contributed by atoms with van der Waals surface area (Å²) < 4.78 is 18.7. The number of halogens is 1. The molecule has 0 amide bonds. The predicted molar refractivity (Wildman–Crippen MR) is 69.4 cm³/mol. The summed E-state index contributed by atoms with van der Waals surface area (Å²) in [5.74, 6) is 0.0839. The van der Waals surface area contributed by atoms with Gasteiger partial charge in [-0.25, -0.2) is 4.39 Å². The van der Waals surface area contributed by atoms with E-state index in [0.29, 0.717) is 23.2 Å². The summed E-state index contributed by atoms with van der Waals surface area (Å²) in [6.07, 6.45) is 3.49. The Morgan fingerprint density at radius 2 is 2.11 bits per heavy atom. The Bertz CT molecular complexity index is 569. The number of benzene rings is 1. The molecule has 18 heavy (non-hydrogen) atoms. The van der Waals surface area contributed by atoms with Gasteiger partial charge in [0.05, 0.1) is 0 Å². The smallest absolute Gasteiger partial charge is 0.198 e. The molecule has 0 fully saturated rings. The highest BCUT2D eigenvalue weighted by atomic mass is 19.1. The van der Waals surface area contributed by atoms with Gasteiger partial charge in [-0.15, -0.1) is 0 Å². The number of aryl methyl sites for hydroxylation is 1. The minimum Gasteiger partial charge on any atom is -0.453 e. The number of Topliss-reactive ketones (excluding diaryl/α,β-unsaturated/α-hetero) is 1. The van der Waals surface area contributed by atoms with Crippen LogP contribution in [0.25, 0.3) is 11.0 Å². The molecule has 1 aromatic carbocycles. The zero-order valence-electron chi connectivity index (χ0n) is 10.8. The number of fused-ring (bicyclic) bond motifs is 1. The fraction of sp³-hybridized carbons (Fsp3) is 0.400. The summed E-state index contributed by atoms with van der Waals surface area (Å²) in [6.45, 7) is 3.90. The zero-order valence-corrected chi connectivity index (χ0v) is 10.8. The quantitative estimate of drug-likeness (QED) is 0.569. The lowest BCUT2D eigenvalue weighted by atomic mass is 10.1. The van der Waals surface area contributed by atoms with Crippen LogP contribution in [0.4, 0.5) is 4.39 Å². The molecule has 2 aromatic rings. The van der Waals surface area contributed by atoms with Gasteiger partial charge in [-0.1, -0.05) is 19.8 Å². The van der Waals surface area contributed by atoms with E-state index in [-0.39, 0.29) is 11.6 Å². The molecule has 0 spiro atoms. The molecule has 1 heterocycles. The molecule has 2 nitrogen and oxygen atoms in total. The van der Waals surface area contributed by atoms with Crippen LogP contribution in [-0.4, -0.2) is 5.78 Å². The number of carbonyl (C=O) groups is 1. The third-order valence-electron chi connectivity index (χ3n) is 3.16. The highest BCUT2D eigenvalue weighted by molar-refractivity contribution is 6.00. The van der Waals surface area contributed by atoms with Crippen LogP contribution in [0.15, 0.2) is 22.6 Å². The van der Waals surface area contributed by atoms with Crippen LogP contribution in [-0.2, 0) is 0 Å². The maximum atomic E-state index is 13.1. The summed E-state index contributed by atoms with van der Waals surface area (Å²) in [4.78, 5) is 12.0. The molecular weight excluding hydrogens is 231 g/mol. The van der Waals surface area contributed by atoms with Crippen molar-refractivity contribution in [2.24, 2.45) is 0 Å². The van der Waals surface area contributed by atoms with Crippen molar-refractivity contribution in [2.45, 2.75) is 39.5 Å². The number of hydrogen-bond donors (Lipinski definition) is 0. The van der Waals surface area contributed by atoms with E-state index in [0.717, 1.165) is 24.8 Å². The summed E-state index contributed by atoms with van der Waals surface area (Å²) in [7, 11) is 0. The Hall–Kier alpha value is -1.64. The average molecular weight is 248 g/mol. The van der Waals surface area contributed by atoms with Crippen LogP contribution in [0.2, 0.25) is 0 Å². The lowest BCUT2D eigenvalue weighted by Gasteiger charge is -1.97. The van der Waals surface area contributed by atoms with Gasteiger partial charge in [0, 0.05) is 17.4 Å². The molecule has 96 valence electrons. The molecule has 0 saturated carbocycles. The first-order valence-electron chi connectivity index (χ1n) is 6.35. The van der Waals surface area contributed by atoms with Gasteiger partial charge < -0.3 is 4.42 Å². The van der Waals surface area contributed by atoms with Gasteiger partial charge in [0.1, 0.15) is 11.4 Å². The van der Waals surface area contributed by atoms with Crippen LogP contribution in [0.3, 0.4) is 0 Å². The second-order valence-electron chi connectivity index (χ2n) is 4.58. The molecule has 0 aliphatic rings. The standard InChI is InChI=1S/C15H17FO2/c1-3-4-5-6-13(17)15-10(2)12-9-11(16)7-8-14(12)18-15/h7-9H,3-6H2,1-2H3. The Morgan fingerprint density at radius 3 is 2.83 bits per heavy atom. The Kier molecular flexibility index (Phi) is 3.80. The Morgan fingerprint density at radius 1 is 1.33 bits per heavy atom. The normalized spacial score (nSPS) is 11.1. The largest absolute Gasteiger partial charge is 0.453 e. The summed E-state index contributed by atoms with van der Waals surface area (Å²) in [5.41, 5.74) is 1.32. The summed E-state index contributed by atoms with van der Waals surface area (Å²) in [5, 5.41) is 0.689. The van der Waals surface area contributed by atoms with Gasteiger partial charge in [-0.05, 0) is 31.5 Å². The molecule has 1 aromatic heterocycles. The molecule has 3 heteroatoms. The first kappa shape index (κ1) is 12.8. The predicted octanol–water partition coefficient (Wildman–Crippen LogP) is 4.64. The van der Waals surface area contributed by atoms with Gasteiger partial charge in [0.25, 0.3) is 0 Å². The van der Waals surface area contributed by atoms with Gasteiger partial charge in [0.15, 0.2) is 11.5 Å². The van der Waals surface area contributed by atoms with Crippen LogP contribution in [0.5, 0.6) is 0 Å². The minimum absolute atomic E-state index is 0.0116. The van der Waals surface area contributed by atoms with E-state index in [9.17, 15) is 9.18 Å². The monoisotopic (exact) mass is 248 g/mol. The van der Waals surface area contributed by atoms with Crippen molar-refractivity contribution in [3.8, 4) is 0 Å². The molecule has 0 unspecified atom stereocenters. The number of unbranched alkanes of at least 4 members (excludes halogenated alkanes) is 2. The molecular formula is C15H17FO2. The third kappa shape index (κ3) is 2.45. The number of furan rings is 1. The van der Waals surface area contributed by atoms with Crippen LogP contribution in [0.1, 0.15) is 48.7 Å². The maximum absolute atomic E-state index is 13.1. The highest BCUT2D eigenvalue weighted by Crippen LogP contribution is 2.27. The van der Waals surface area contributed by atoms with Crippen LogP contribution < -0.4 is 0 Å². The van der Waals surface area contributed by atoms with Crippen molar-refractivity contribution >= 4 is 16.8 Å². The maximum Gasteiger partial charge on any atom is 0.198 e. The van der Waals surface area contributed by atoms with Crippen molar-refractivity contribution in [3.05, 3.63) is 35.3 Å². The molecule has 2 rings (SSSR count). The van der Waals surface area contributed by atoms with E-state index >= 15 is 0 Å². The fourth-order valence-electron chi connectivity index (χ4n) is 2.11. The summed E-state index contributed by atoms with van der Waals surface area (Å²) in [6, 6.07) is 4.33. The fourth-order valence-corrected chi connectivity index (χ4v) is 2.11. The highest BCUT2D eigenvalue weighted by Gasteiger charge is 2.17. The zero-order chi connectivity index (χ0) is 13.1. The van der Waals surface area contributed by atoms with Gasteiger partial charge >= 0.3 is 0 Å². The topological polar surface area (TPSA) is 30.2 Å². The van der Waals surface area contributed by atoms with Crippen molar-refractivity contribution < 1.29 is 13.6 Å². The van der Waals surface area contributed by atoms with E-state index < -0.39 is 0 Å². The lowest BCUT2D eigenvalue weighted by Crippen LogP contribution is -1.98. The Labute approximate surface area is 106 Å².